The summed E-state index contributed by atoms with van der Waals surface area (Å²) in [6.45, 7) is 4.19. The number of aromatic nitrogens is 2. The second-order valence-electron chi connectivity index (χ2n) is 9.31. The number of rotatable bonds is 6. The van der Waals surface area contributed by atoms with Gasteiger partial charge in [0.1, 0.15) is 17.0 Å². The molecule has 1 aliphatic heterocycles. The molecular formula is C29H27ClN4O3. The Morgan fingerprint density at radius 1 is 1.08 bits per heavy atom. The molecule has 5 rings (SSSR count). The molecule has 0 bridgehead atoms. The van der Waals surface area contributed by atoms with E-state index in [0.29, 0.717) is 28.6 Å². The highest BCUT2D eigenvalue weighted by Crippen LogP contribution is 2.37. The molecule has 2 amide bonds. The van der Waals surface area contributed by atoms with Crippen LogP contribution in [0.2, 0.25) is 5.02 Å². The Morgan fingerprint density at radius 2 is 1.81 bits per heavy atom. The molecule has 1 aliphatic rings. The predicted octanol–water partition coefficient (Wildman–Crippen LogP) is 5.26. The Morgan fingerprint density at radius 3 is 2.51 bits per heavy atom. The molecule has 0 saturated heterocycles. The van der Waals surface area contributed by atoms with Crippen molar-refractivity contribution in [2.24, 2.45) is 0 Å². The number of nitrogens with zero attached hydrogens (tertiary/aromatic N) is 3. The highest BCUT2D eigenvalue weighted by Gasteiger charge is 2.49. The Hall–Kier alpha value is -4.10. The summed E-state index contributed by atoms with van der Waals surface area (Å²) in [6.07, 6.45) is 0. The molecule has 0 spiro atoms. The van der Waals surface area contributed by atoms with Gasteiger partial charge in [-0.1, -0.05) is 48.0 Å². The SMILES string of the molecule is COc1ccc(-c2cc3n(n2)CC(C)(C(=O)NCc2ccccc2)N(c2cc(Cl)ccc2C)C3=O)cc1. The van der Waals surface area contributed by atoms with Crippen molar-refractivity contribution in [3.63, 3.8) is 0 Å². The van der Waals surface area contributed by atoms with Gasteiger partial charge in [0.05, 0.1) is 19.3 Å². The van der Waals surface area contributed by atoms with Crippen LogP contribution in [0.4, 0.5) is 5.69 Å². The molecule has 7 nitrogen and oxygen atoms in total. The van der Waals surface area contributed by atoms with Gasteiger partial charge in [-0.25, -0.2) is 0 Å². The van der Waals surface area contributed by atoms with Gasteiger partial charge in [0.15, 0.2) is 0 Å². The molecule has 3 aromatic carbocycles. The van der Waals surface area contributed by atoms with E-state index in [0.717, 1.165) is 22.4 Å². The fraction of sp³-hybridized carbons (Fsp3) is 0.207. The largest absolute Gasteiger partial charge is 0.497 e. The van der Waals surface area contributed by atoms with Crippen LogP contribution >= 0.6 is 11.6 Å². The second-order valence-corrected chi connectivity index (χ2v) is 9.75. The second kappa shape index (κ2) is 9.75. The van der Waals surface area contributed by atoms with Gasteiger partial charge >= 0.3 is 0 Å². The van der Waals surface area contributed by atoms with Crippen molar-refractivity contribution >= 4 is 29.1 Å². The van der Waals surface area contributed by atoms with Crippen molar-refractivity contribution in [2.45, 2.75) is 32.5 Å². The van der Waals surface area contributed by atoms with E-state index in [2.05, 4.69) is 5.32 Å². The molecule has 0 radical (unpaired) electrons. The van der Waals surface area contributed by atoms with Gasteiger partial charge in [-0.15, -0.1) is 0 Å². The topological polar surface area (TPSA) is 76.5 Å². The van der Waals surface area contributed by atoms with Crippen molar-refractivity contribution in [3.05, 3.63) is 101 Å². The van der Waals surface area contributed by atoms with Gasteiger partial charge in [-0.05, 0) is 67.4 Å². The molecule has 0 aliphatic carbocycles. The van der Waals surface area contributed by atoms with Crippen molar-refractivity contribution in [1.29, 1.82) is 0 Å². The summed E-state index contributed by atoms with van der Waals surface area (Å²) in [7, 11) is 1.61. The average molecular weight is 515 g/mol. The Bertz CT molecular complexity index is 1470. The zero-order valence-electron chi connectivity index (χ0n) is 20.9. The number of carbonyl (C=O) groups is 2. The highest BCUT2D eigenvalue weighted by molar-refractivity contribution is 6.31. The molecule has 0 fully saturated rings. The Balaban J connectivity index is 1.56. The van der Waals surface area contributed by atoms with Crippen LogP contribution in [0.25, 0.3) is 11.3 Å². The van der Waals surface area contributed by atoms with E-state index in [4.69, 9.17) is 21.4 Å². The van der Waals surface area contributed by atoms with Gasteiger partial charge < -0.3 is 10.1 Å². The number of hydrogen-bond donors (Lipinski definition) is 1. The maximum absolute atomic E-state index is 14.0. The van der Waals surface area contributed by atoms with E-state index < -0.39 is 5.54 Å². The fourth-order valence-electron chi connectivity index (χ4n) is 4.65. The molecule has 1 N–H and O–H groups in total. The Labute approximate surface area is 220 Å². The van der Waals surface area contributed by atoms with Crippen LogP contribution in [0, 0.1) is 6.92 Å². The minimum atomic E-state index is -1.25. The summed E-state index contributed by atoms with van der Waals surface area (Å²) in [6, 6.07) is 24.2. The van der Waals surface area contributed by atoms with Crippen molar-refractivity contribution in [1.82, 2.24) is 15.1 Å². The van der Waals surface area contributed by atoms with Crippen LogP contribution in [0.15, 0.2) is 78.9 Å². The monoisotopic (exact) mass is 514 g/mol. The summed E-state index contributed by atoms with van der Waals surface area (Å²) in [5.41, 5.74) is 3.03. The number of hydrogen-bond acceptors (Lipinski definition) is 4. The average Bonchev–Trinajstić information content (AvgIpc) is 3.34. The first-order chi connectivity index (χ1) is 17.8. The third kappa shape index (κ3) is 4.58. The molecule has 8 heteroatoms. The number of benzene rings is 3. The number of fused-ring (bicyclic) bond motifs is 1. The number of halogens is 1. The zero-order chi connectivity index (χ0) is 26.2. The number of amides is 2. The molecule has 188 valence electrons. The van der Waals surface area contributed by atoms with E-state index in [1.807, 2.05) is 67.6 Å². The quantitative estimate of drug-likeness (QED) is 0.381. The molecule has 2 heterocycles. The van der Waals surface area contributed by atoms with E-state index in [1.165, 1.54) is 0 Å². The molecule has 1 unspecified atom stereocenters. The predicted molar refractivity (Wildman–Crippen MR) is 144 cm³/mol. The van der Waals surface area contributed by atoms with E-state index in [1.54, 1.807) is 41.8 Å². The van der Waals surface area contributed by atoms with Crippen LogP contribution in [-0.2, 0) is 17.9 Å². The molecule has 4 aromatic rings. The minimum Gasteiger partial charge on any atom is -0.497 e. The summed E-state index contributed by atoms with van der Waals surface area (Å²) < 4.78 is 6.88. The van der Waals surface area contributed by atoms with E-state index >= 15 is 0 Å². The summed E-state index contributed by atoms with van der Waals surface area (Å²) in [5.74, 6) is 0.131. The fourth-order valence-corrected chi connectivity index (χ4v) is 4.82. The standard InChI is InChI=1S/C29H27ClN4O3/c1-19-9-12-22(30)15-25(19)34-27(35)26-16-24(21-10-13-23(37-3)14-11-21)32-33(26)18-29(34,2)28(36)31-17-20-7-5-4-6-8-20/h4-16H,17-18H2,1-3H3,(H,31,36). The van der Waals surface area contributed by atoms with Gasteiger partial charge in [0.2, 0.25) is 5.91 Å². The molecule has 1 atom stereocenters. The first kappa shape index (κ1) is 24.6. The van der Waals surface area contributed by atoms with Gasteiger partial charge in [-0.2, -0.15) is 5.10 Å². The maximum Gasteiger partial charge on any atom is 0.277 e. The molecule has 0 saturated carbocycles. The lowest BCUT2D eigenvalue weighted by atomic mass is 9.93. The van der Waals surface area contributed by atoms with E-state index in [-0.39, 0.29) is 18.4 Å². The first-order valence-corrected chi connectivity index (χ1v) is 12.3. The summed E-state index contributed by atoms with van der Waals surface area (Å²) >= 11 is 6.34. The van der Waals surface area contributed by atoms with Crippen molar-refractivity contribution < 1.29 is 14.3 Å². The Kier molecular flexibility index (Phi) is 6.48. The third-order valence-electron chi connectivity index (χ3n) is 6.74. The molecular weight excluding hydrogens is 488 g/mol. The zero-order valence-corrected chi connectivity index (χ0v) is 21.6. The lowest BCUT2D eigenvalue weighted by Crippen LogP contribution is -2.64. The smallest absolute Gasteiger partial charge is 0.277 e. The number of aryl methyl sites for hydroxylation is 1. The minimum absolute atomic E-state index is 0.177. The maximum atomic E-state index is 14.0. The lowest BCUT2D eigenvalue weighted by molar-refractivity contribution is -0.126. The number of ether oxygens (including phenoxy) is 1. The number of nitrogens with one attached hydrogen (secondary N) is 1. The van der Waals surface area contributed by atoms with Crippen LogP contribution in [-0.4, -0.2) is 34.2 Å². The molecule has 37 heavy (non-hydrogen) atoms. The number of carbonyl (C=O) groups excluding carboxylic acids is 2. The van der Waals surface area contributed by atoms with Crippen molar-refractivity contribution in [2.75, 3.05) is 12.0 Å². The number of methoxy groups -OCH3 is 1. The number of anilines is 1. The van der Waals surface area contributed by atoms with Gasteiger partial charge in [0.25, 0.3) is 5.91 Å². The highest BCUT2D eigenvalue weighted by atomic mass is 35.5. The van der Waals surface area contributed by atoms with Crippen LogP contribution in [0.1, 0.15) is 28.5 Å². The van der Waals surface area contributed by atoms with Crippen LogP contribution in [0.5, 0.6) is 5.75 Å². The van der Waals surface area contributed by atoms with Crippen molar-refractivity contribution in [3.8, 4) is 17.0 Å². The summed E-state index contributed by atoms with van der Waals surface area (Å²) in [4.78, 5) is 29.4. The first-order valence-electron chi connectivity index (χ1n) is 12.0. The third-order valence-corrected chi connectivity index (χ3v) is 6.97. The van der Waals surface area contributed by atoms with Crippen LogP contribution < -0.4 is 15.0 Å². The van der Waals surface area contributed by atoms with Crippen LogP contribution in [0.3, 0.4) is 0 Å². The van der Waals surface area contributed by atoms with Gasteiger partial charge in [-0.3, -0.25) is 19.2 Å². The lowest BCUT2D eigenvalue weighted by Gasteiger charge is -2.43. The van der Waals surface area contributed by atoms with E-state index in [9.17, 15) is 9.59 Å². The van der Waals surface area contributed by atoms with Gasteiger partial charge in [0, 0.05) is 22.8 Å². The molecule has 1 aromatic heterocycles. The summed E-state index contributed by atoms with van der Waals surface area (Å²) in [5, 5.41) is 8.22. The normalized spacial score (nSPS) is 16.9.